The molecule has 1 heterocycles. The van der Waals surface area contributed by atoms with Gasteiger partial charge in [0.05, 0.1) is 13.2 Å². The number of fused-ring (bicyclic) bond motifs is 1. The van der Waals surface area contributed by atoms with Crippen LogP contribution >= 0.6 is 0 Å². The van der Waals surface area contributed by atoms with Crippen molar-refractivity contribution in [3.05, 3.63) is 108 Å². The van der Waals surface area contributed by atoms with Crippen molar-refractivity contribution in [3.8, 4) is 28.4 Å². The number of imidazole rings is 1. The van der Waals surface area contributed by atoms with Crippen LogP contribution in [0.4, 0.5) is 0 Å². The Labute approximate surface area is 217 Å². The van der Waals surface area contributed by atoms with Crippen LogP contribution in [0.15, 0.2) is 97.1 Å². The molecule has 0 aliphatic heterocycles. The predicted molar refractivity (Wildman–Crippen MR) is 150 cm³/mol. The first-order valence-corrected chi connectivity index (χ1v) is 12.7. The third kappa shape index (κ3) is 4.85. The maximum atomic E-state index is 14.0. The summed E-state index contributed by atoms with van der Waals surface area (Å²) >= 11 is 0. The molecule has 0 bridgehead atoms. The maximum absolute atomic E-state index is 14.0. The zero-order valence-corrected chi connectivity index (χ0v) is 21.4. The number of benzene rings is 4. The van der Waals surface area contributed by atoms with Crippen LogP contribution in [0.5, 0.6) is 5.75 Å². The highest BCUT2D eigenvalue weighted by atomic mass is 16.5. The molecule has 0 saturated carbocycles. The highest BCUT2D eigenvalue weighted by Gasteiger charge is 2.26. The molecule has 5 rings (SSSR count). The van der Waals surface area contributed by atoms with Crippen molar-refractivity contribution in [1.29, 1.82) is 0 Å². The molecule has 0 aliphatic carbocycles. The van der Waals surface area contributed by atoms with Crippen molar-refractivity contribution in [2.45, 2.75) is 32.9 Å². The summed E-state index contributed by atoms with van der Waals surface area (Å²) in [4.78, 5) is 19.0. The molecule has 0 saturated heterocycles. The van der Waals surface area contributed by atoms with E-state index in [9.17, 15) is 4.79 Å². The van der Waals surface area contributed by atoms with E-state index in [1.54, 1.807) is 7.11 Å². The first-order valence-electron chi connectivity index (χ1n) is 12.7. The minimum atomic E-state index is -0.128. The second kappa shape index (κ2) is 10.7. The maximum Gasteiger partial charge on any atom is 0.270 e. The average Bonchev–Trinajstić information content (AvgIpc) is 3.36. The fourth-order valence-electron chi connectivity index (χ4n) is 4.83. The van der Waals surface area contributed by atoms with Gasteiger partial charge in [0, 0.05) is 17.7 Å². The molecule has 0 spiro atoms. The van der Waals surface area contributed by atoms with Crippen LogP contribution in [0.1, 0.15) is 42.4 Å². The lowest BCUT2D eigenvalue weighted by Crippen LogP contribution is -2.30. The van der Waals surface area contributed by atoms with E-state index >= 15 is 0 Å². The van der Waals surface area contributed by atoms with Crippen LogP contribution in [0.25, 0.3) is 33.4 Å². The van der Waals surface area contributed by atoms with Gasteiger partial charge in [0.15, 0.2) is 0 Å². The molecule has 0 aliphatic rings. The lowest BCUT2D eigenvalue weighted by Gasteiger charge is -2.19. The zero-order chi connectivity index (χ0) is 25.8. The Morgan fingerprint density at radius 1 is 0.865 bits per heavy atom. The molecule has 5 heteroatoms. The minimum absolute atomic E-state index is 0.0917. The van der Waals surface area contributed by atoms with Gasteiger partial charge in [-0.3, -0.25) is 4.79 Å². The fourth-order valence-corrected chi connectivity index (χ4v) is 4.83. The van der Waals surface area contributed by atoms with Gasteiger partial charge in [-0.15, -0.1) is 0 Å². The number of carbonyl (C=O) groups excluding carboxylic acids is 1. The minimum Gasteiger partial charge on any atom is -0.497 e. The number of methoxy groups -OCH3 is 1. The molecule has 1 aromatic heterocycles. The lowest BCUT2D eigenvalue weighted by molar-refractivity contribution is 0.0927. The molecule has 1 unspecified atom stereocenters. The topological polar surface area (TPSA) is 56.1 Å². The van der Waals surface area contributed by atoms with Gasteiger partial charge in [-0.1, -0.05) is 85.8 Å². The Morgan fingerprint density at radius 2 is 1.54 bits per heavy atom. The van der Waals surface area contributed by atoms with Gasteiger partial charge in [0.25, 0.3) is 5.91 Å². The van der Waals surface area contributed by atoms with E-state index in [2.05, 4.69) is 43.4 Å². The summed E-state index contributed by atoms with van der Waals surface area (Å²) in [5.41, 5.74) is 4.22. The van der Waals surface area contributed by atoms with Crippen molar-refractivity contribution in [1.82, 2.24) is 14.9 Å². The molecule has 0 fully saturated rings. The number of hydrogen-bond donors (Lipinski definition) is 1. The summed E-state index contributed by atoms with van der Waals surface area (Å²) in [6.07, 6.45) is 0.786. The summed E-state index contributed by atoms with van der Waals surface area (Å²) < 4.78 is 7.41. The SMILES string of the molecule is CCC(NC(=O)c1c(-c2ccc3cc(OC)ccc3c2)nc(-c2ccccc2)n1CC)c1ccccc1. The molecular formula is C32H31N3O2. The first kappa shape index (κ1) is 24.3. The van der Waals surface area contributed by atoms with Crippen molar-refractivity contribution in [3.63, 3.8) is 0 Å². The number of aromatic nitrogens is 2. The lowest BCUT2D eigenvalue weighted by atomic mass is 10.0. The smallest absolute Gasteiger partial charge is 0.270 e. The van der Waals surface area contributed by atoms with Crippen molar-refractivity contribution < 1.29 is 9.53 Å². The number of amides is 1. The van der Waals surface area contributed by atoms with Crippen LogP contribution < -0.4 is 10.1 Å². The summed E-state index contributed by atoms with van der Waals surface area (Å²) in [5, 5.41) is 5.42. The summed E-state index contributed by atoms with van der Waals surface area (Å²) in [6.45, 7) is 4.76. The molecule has 5 aromatic rings. The molecule has 186 valence electrons. The van der Waals surface area contributed by atoms with Crippen molar-refractivity contribution in [2.24, 2.45) is 0 Å². The third-order valence-electron chi connectivity index (χ3n) is 6.77. The third-order valence-corrected chi connectivity index (χ3v) is 6.77. The Kier molecular flexibility index (Phi) is 7.04. The van der Waals surface area contributed by atoms with Gasteiger partial charge in [-0.2, -0.15) is 0 Å². The molecule has 4 aromatic carbocycles. The standard InChI is InChI=1S/C32H31N3O2/c1-4-28(22-12-8-6-9-13-22)33-32(36)30-29(34-31(35(30)5-2)23-14-10-7-11-15-23)26-17-16-25-21-27(37-3)19-18-24(25)20-26/h6-21,28H,4-5H2,1-3H3,(H,33,36). The Bertz CT molecular complexity index is 1520. The van der Waals surface area contributed by atoms with Gasteiger partial charge < -0.3 is 14.6 Å². The number of ether oxygens (including phenoxy) is 1. The number of hydrogen-bond acceptors (Lipinski definition) is 3. The van der Waals surface area contributed by atoms with Gasteiger partial charge in [-0.25, -0.2) is 4.98 Å². The highest BCUT2D eigenvalue weighted by Crippen LogP contribution is 2.33. The van der Waals surface area contributed by atoms with Crippen LogP contribution in [0.2, 0.25) is 0 Å². The molecule has 1 N–H and O–H groups in total. The van der Waals surface area contributed by atoms with Crippen molar-refractivity contribution in [2.75, 3.05) is 7.11 Å². The van der Waals surface area contributed by atoms with Gasteiger partial charge in [0.2, 0.25) is 0 Å². The van der Waals surface area contributed by atoms with Crippen LogP contribution in [-0.4, -0.2) is 22.6 Å². The van der Waals surface area contributed by atoms with Crippen LogP contribution in [0, 0.1) is 0 Å². The monoisotopic (exact) mass is 489 g/mol. The number of nitrogens with one attached hydrogen (secondary N) is 1. The average molecular weight is 490 g/mol. The number of nitrogens with zero attached hydrogens (tertiary/aromatic N) is 2. The Balaban J connectivity index is 1.64. The second-order valence-electron chi connectivity index (χ2n) is 9.02. The predicted octanol–water partition coefficient (Wildman–Crippen LogP) is 7.28. The van der Waals surface area contributed by atoms with E-state index in [0.717, 1.165) is 45.5 Å². The molecule has 37 heavy (non-hydrogen) atoms. The van der Waals surface area contributed by atoms with Gasteiger partial charge in [-0.05, 0) is 47.9 Å². The van der Waals surface area contributed by atoms with E-state index in [1.807, 2.05) is 77.4 Å². The van der Waals surface area contributed by atoms with E-state index < -0.39 is 0 Å². The largest absolute Gasteiger partial charge is 0.497 e. The molecular weight excluding hydrogens is 458 g/mol. The molecule has 0 radical (unpaired) electrons. The summed E-state index contributed by atoms with van der Waals surface area (Å²) in [5.74, 6) is 1.47. The number of carbonyl (C=O) groups is 1. The Morgan fingerprint density at radius 3 is 2.22 bits per heavy atom. The molecule has 1 atom stereocenters. The second-order valence-corrected chi connectivity index (χ2v) is 9.02. The normalized spacial score (nSPS) is 11.9. The number of rotatable bonds is 8. The summed E-state index contributed by atoms with van der Waals surface area (Å²) in [6, 6.07) is 32.2. The molecule has 5 nitrogen and oxygen atoms in total. The summed E-state index contributed by atoms with van der Waals surface area (Å²) in [7, 11) is 1.67. The van der Waals surface area contributed by atoms with Crippen molar-refractivity contribution >= 4 is 16.7 Å². The molecule has 1 amide bonds. The van der Waals surface area contributed by atoms with E-state index in [0.29, 0.717) is 17.9 Å². The first-order chi connectivity index (χ1) is 18.1. The Hall–Kier alpha value is -4.38. The van der Waals surface area contributed by atoms with Gasteiger partial charge in [0.1, 0.15) is 23.0 Å². The van der Waals surface area contributed by atoms with E-state index in [1.165, 1.54) is 0 Å². The van der Waals surface area contributed by atoms with Gasteiger partial charge >= 0.3 is 0 Å². The highest BCUT2D eigenvalue weighted by molar-refractivity contribution is 6.01. The van der Waals surface area contributed by atoms with E-state index in [-0.39, 0.29) is 11.9 Å². The quantitative estimate of drug-likeness (QED) is 0.249. The fraction of sp³-hybridized carbons (Fsp3) is 0.188. The van der Waals surface area contributed by atoms with E-state index in [4.69, 9.17) is 9.72 Å². The zero-order valence-electron chi connectivity index (χ0n) is 21.4. The van der Waals surface area contributed by atoms with Crippen LogP contribution in [-0.2, 0) is 6.54 Å². The van der Waals surface area contributed by atoms with Crippen LogP contribution in [0.3, 0.4) is 0 Å².